The Labute approximate surface area is 161 Å². The van der Waals surface area contributed by atoms with Crippen molar-refractivity contribution in [3.63, 3.8) is 0 Å². The highest BCUT2D eigenvalue weighted by atomic mass is 19.1. The number of aromatic nitrogens is 2. The van der Waals surface area contributed by atoms with E-state index in [0.29, 0.717) is 5.69 Å². The van der Waals surface area contributed by atoms with Crippen molar-refractivity contribution in [2.75, 3.05) is 0 Å². The van der Waals surface area contributed by atoms with Crippen LogP contribution in [0.3, 0.4) is 0 Å². The van der Waals surface area contributed by atoms with Gasteiger partial charge in [0.2, 0.25) is 0 Å². The van der Waals surface area contributed by atoms with E-state index in [1.807, 2.05) is 6.07 Å². The lowest BCUT2D eigenvalue weighted by Gasteiger charge is -2.38. The van der Waals surface area contributed by atoms with Gasteiger partial charge in [0, 0.05) is 5.54 Å². The van der Waals surface area contributed by atoms with Gasteiger partial charge in [-0.1, -0.05) is 24.3 Å². The van der Waals surface area contributed by atoms with Crippen LogP contribution in [0.2, 0.25) is 0 Å². The summed E-state index contributed by atoms with van der Waals surface area (Å²) in [6, 6.07) is 12.2. The topological polar surface area (TPSA) is 75.4 Å². The molecule has 0 saturated carbocycles. The van der Waals surface area contributed by atoms with Crippen LogP contribution in [0.4, 0.5) is 9.18 Å². The minimum atomic E-state index is -1.15. The Morgan fingerprint density at radius 2 is 1.79 bits per heavy atom. The summed E-state index contributed by atoms with van der Waals surface area (Å²) in [6.45, 7) is 6.91. The number of para-hydroxylation sites is 2. The molecular formula is C21H22FN3O3. The van der Waals surface area contributed by atoms with Gasteiger partial charge in [0.25, 0.3) is 5.56 Å². The molecule has 1 heterocycles. The van der Waals surface area contributed by atoms with Gasteiger partial charge in [0.15, 0.2) is 0 Å². The van der Waals surface area contributed by atoms with Crippen LogP contribution < -0.4 is 5.56 Å². The van der Waals surface area contributed by atoms with Crippen LogP contribution in [0.25, 0.3) is 16.6 Å². The van der Waals surface area contributed by atoms with Crippen LogP contribution in [0.5, 0.6) is 0 Å². The van der Waals surface area contributed by atoms with E-state index < -0.39 is 29.1 Å². The summed E-state index contributed by atoms with van der Waals surface area (Å²) in [5.41, 5.74) is -0.737. The number of amides is 1. The minimum absolute atomic E-state index is 0.0687. The van der Waals surface area contributed by atoms with E-state index in [4.69, 9.17) is 0 Å². The Hall–Kier alpha value is -3.22. The second kappa shape index (κ2) is 7.07. The lowest BCUT2D eigenvalue weighted by atomic mass is 10.0. The standard InChI is InChI=1S/C21H22FN3O3/c1-13(25(20(27)28)21(2,3)4)18-23-17-15(11-8-12-16(17)22)19(26)24(18)14-9-6-5-7-10-14/h5-13H,1-4H3,(H,27,28). The van der Waals surface area contributed by atoms with E-state index in [1.54, 1.807) is 52.0 Å². The molecule has 0 radical (unpaired) electrons. The van der Waals surface area contributed by atoms with E-state index in [9.17, 15) is 19.1 Å². The zero-order valence-corrected chi connectivity index (χ0v) is 16.2. The molecular weight excluding hydrogens is 361 g/mol. The molecule has 3 rings (SSSR count). The highest BCUT2D eigenvalue weighted by molar-refractivity contribution is 5.78. The zero-order chi connectivity index (χ0) is 20.6. The van der Waals surface area contributed by atoms with Gasteiger partial charge < -0.3 is 5.11 Å². The normalized spacial score (nSPS) is 12.8. The van der Waals surface area contributed by atoms with Gasteiger partial charge in [-0.25, -0.2) is 14.2 Å². The fourth-order valence-corrected chi connectivity index (χ4v) is 3.45. The first-order valence-electron chi connectivity index (χ1n) is 8.92. The monoisotopic (exact) mass is 383 g/mol. The number of benzene rings is 2. The summed E-state index contributed by atoms with van der Waals surface area (Å²) in [5, 5.41) is 9.91. The molecule has 1 amide bonds. The lowest BCUT2D eigenvalue weighted by molar-refractivity contribution is 0.0719. The molecule has 1 unspecified atom stereocenters. The van der Waals surface area contributed by atoms with Gasteiger partial charge in [-0.3, -0.25) is 14.3 Å². The summed E-state index contributed by atoms with van der Waals surface area (Å²) in [5.74, 6) is -0.466. The van der Waals surface area contributed by atoms with Crippen LogP contribution in [-0.2, 0) is 0 Å². The Balaban J connectivity index is 2.39. The maximum atomic E-state index is 14.4. The quantitative estimate of drug-likeness (QED) is 0.729. The smallest absolute Gasteiger partial charge is 0.408 e. The number of fused-ring (bicyclic) bond motifs is 1. The Kier molecular flexibility index (Phi) is 4.93. The molecule has 1 aromatic heterocycles. The third-order valence-electron chi connectivity index (χ3n) is 4.58. The molecule has 2 aromatic carbocycles. The molecule has 1 atom stereocenters. The highest BCUT2D eigenvalue weighted by Crippen LogP contribution is 2.29. The second-order valence-electron chi connectivity index (χ2n) is 7.58. The van der Waals surface area contributed by atoms with Crippen LogP contribution in [0.15, 0.2) is 53.3 Å². The van der Waals surface area contributed by atoms with Crippen LogP contribution in [0, 0.1) is 5.82 Å². The number of hydrogen-bond donors (Lipinski definition) is 1. The lowest BCUT2D eigenvalue weighted by Crippen LogP contribution is -2.47. The SMILES string of the molecule is CC(c1nc2c(F)cccc2c(=O)n1-c1ccccc1)N(C(=O)O)C(C)(C)C. The zero-order valence-electron chi connectivity index (χ0n) is 16.2. The predicted octanol–water partition coefficient (Wildman–Crippen LogP) is 4.36. The van der Waals surface area contributed by atoms with Crippen molar-refractivity contribution < 1.29 is 14.3 Å². The number of carboxylic acid groups (broad SMARTS) is 1. The van der Waals surface area contributed by atoms with Crippen molar-refractivity contribution in [3.05, 3.63) is 70.5 Å². The van der Waals surface area contributed by atoms with E-state index in [0.717, 1.165) is 0 Å². The van der Waals surface area contributed by atoms with Gasteiger partial charge in [0.1, 0.15) is 17.2 Å². The van der Waals surface area contributed by atoms with Gasteiger partial charge in [-0.2, -0.15) is 0 Å². The third-order valence-corrected chi connectivity index (χ3v) is 4.58. The minimum Gasteiger partial charge on any atom is -0.465 e. The molecule has 3 aromatic rings. The van der Waals surface area contributed by atoms with E-state index in [-0.39, 0.29) is 16.7 Å². The molecule has 0 bridgehead atoms. The maximum absolute atomic E-state index is 14.4. The Morgan fingerprint density at radius 1 is 1.14 bits per heavy atom. The second-order valence-corrected chi connectivity index (χ2v) is 7.58. The molecule has 0 aliphatic rings. The third kappa shape index (κ3) is 3.35. The molecule has 0 aliphatic heterocycles. The number of carbonyl (C=O) groups is 1. The first-order valence-corrected chi connectivity index (χ1v) is 8.92. The number of nitrogens with zero attached hydrogens (tertiary/aromatic N) is 3. The number of hydrogen-bond acceptors (Lipinski definition) is 3. The molecule has 0 saturated heterocycles. The van der Waals surface area contributed by atoms with Crippen LogP contribution in [-0.4, -0.2) is 31.2 Å². The molecule has 0 aliphatic carbocycles. The van der Waals surface area contributed by atoms with Crippen molar-refractivity contribution in [1.29, 1.82) is 0 Å². The highest BCUT2D eigenvalue weighted by Gasteiger charge is 2.34. The van der Waals surface area contributed by atoms with Crippen molar-refractivity contribution in [1.82, 2.24) is 14.5 Å². The van der Waals surface area contributed by atoms with Gasteiger partial charge in [-0.15, -0.1) is 0 Å². The molecule has 0 fully saturated rings. The van der Waals surface area contributed by atoms with Crippen molar-refractivity contribution in [2.45, 2.75) is 39.3 Å². The average Bonchev–Trinajstić information content (AvgIpc) is 2.61. The fraction of sp³-hybridized carbons (Fsp3) is 0.286. The van der Waals surface area contributed by atoms with Gasteiger partial charge >= 0.3 is 6.09 Å². The van der Waals surface area contributed by atoms with E-state index in [2.05, 4.69) is 4.98 Å². The summed E-state index contributed by atoms with van der Waals surface area (Å²) in [7, 11) is 0. The number of rotatable bonds is 3. The fourth-order valence-electron chi connectivity index (χ4n) is 3.45. The molecule has 146 valence electrons. The molecule has 0 spiro atoms. The molecule has 7 heteroatoms. The summed E-state index contributed by atoms with van der Waals surface area (Å²) in [4.78, 5) is 30.8. The first kappa shape index (κ1) is 19.5. The molecule has 6 nitrogen and oxygen atoms in total. The largest absolute Gasteiger partial charge is 0.465 e. The van der Waals surface area contributed by atoms with E-state index >= 15 is 0 Å². The van der Waals surface area contributed by atoms with Crippen LogP contribution in [0.1, 0.15) is 39.6 Å². The van der Waals surface area contributed by atoms with Crippen LogP contribution >= 0.6 is 0 Å². The summed E-state index contributed by atoms with van der Waals surface area (Å²) >= 11 is 0. The van der Waals surface area contributed by atoms with Crippen molar-refractivity contribution >= 4 is 17.0 Å². The van der Waals surface area contributed by atoms with E-state index in [1.165, 1.54) is 27.7 Å². The van der Waals surface area contributed by atoms with Gasteiger partial charge in [-0.05, 0) is 52.0 Å². The molecule has 28 heavy (non-hydrogen) atoms. The first-order chi connectivity index (χ1) is 13.1. The number of halogens is 1. The Bertz CT molecular complexity index is 1090. The maximum Gasteiger partial charge on any atom is 0.408 e. The Morgan fingerprint density at radius 3 is 2.36 bits per heavy atom. The van der Waals surface area contributed by atoms with Crippen molar-refractivity contribution in [3.8, 4) is 5.69 Å². The van der Waals surface area contributed by atoms with Crippen molar-refractivity contribution in [2.24, 2.45) is 0 Å². The van der Waals surface area contributed by atoms with Gasteiger partial charge in [0.05, 0.1) is 17.1 Å². The molecule has 1 N–H and O–H groups in total. The average molecular weight is 383 g/mol. The predicted molar refractivity (Wildman–Crippen MR) is 105 cm³/mol. The summed E-state index contributed by atoms with van der Waals surface area (Å²) in [6.07, 6.45) is -1.15. The summed E-state index contributed by atoms with van der Waals surface area (Å²) < 4.78 is 15.8.